The number of hydrogen-bond donors (Lipinski definition) is 2. The lowest BCUT2D eigenvalue weighted by atomic mass is 10.1. The van der Waals surface area contributed by atoms with Crippen LogP contribution in [0.25, 0.3) is 0 Å². The number of aryl methyl sites for hydroxylation is 1. The number of anilines is 2. The second-order valence-electron chi connectivity index (χ2n) is 5.03. The zero-order valence-corrected chi connectivity index (χ0v) is 13.9. The Kier molecular flexibility index (Phi) is 5.78. The van der Waals surface area contributed by atoms with Crippen molar-refractivity contribution in [1.82, 2.24) is 0 Å². The second-order valence-corrected chi connectivity index (χ2v) is 5.03. The lowest BCUT2D eigenvalue weighted by Crippen LogP contribution is -2.29. The summed E-state index contributed by atoms with van der Waals surface area (Å²) in [7, 11) is 3.02. The lowest BCUT2D eigenvalue weighted by Gasteiger charge is -2.10. The van der Waals surface area contributed by atoms with Gasteiger partial charge in [-0.15, -0.1) is 0 Å². The van der Waals surface area contributed by atoms with Crippen LogP contribution in [0.5, 0.6) is 11.5 Å². The van der Waals surface area contributed by atoms with Gasteiger partial charge in [-0.05, 0) is 36.2 Å². The van der Waals surface area contributed by atoms with Crippen molar-refractivity contribution in [2.75, 3.05) is 24.9 Å². The van der Waals surface area contributed by atoms with Gasteiger partial charge in [-0.2, -0.15) is 0 Å². The van der Waals surface area contributed by atoms with Gasteiger partial charge in [0.15, 0.2) is 11.5 Å². The Hall–Kier alpha value is -3.02. The molecule has 0 heterocycles. The highest BCUT2D eigenvalue weighted by Crippen LogP contribution is 2.29. The van der Waals surface area contributed by atoms with E-state index in [1.807, 2.05) is 19.1 Å². The summed E-state index contributed by atoms with van der Waals surface area (Å²) in [4.78, 5) is 24.0. The Morgan fingerprint density at radius 1 is 0.833 bits per heavy atom. The van der Waals surface area contributed by atoms with Gasteiger partial charge in [0.05, 0.1) is 14.2 Å². The summed E-state index contributed by atoms with van der Waals surface area (Å²) < 4.78 is 10.3. The van der Waals surface area contributed by atoms with Crippen molar-refractivity contribution < 1.29 is 19.1 Å². The van der Waals surface area contributed by atoms with Crippen LogP contribution in [0.2, 0.25) is 0 Å². The van der Waals surface area contributed by atoms with Crippen molar-refractivity contribution in [2.24, 2.45) is 0 Å². The maximum absolute atomic E-state index is 12.0. The molecule has 0 unspecified atom stereocenters. The van der Waals surface area contributed by atoms with Crippen molar-refractivity contribution in [2.45, 2.75) is 13.3 Å². The number of nitrogens with one attached hydrogen (secondary N) is 2. The van der Waals surface area contributed by atoms with E-state index in [-0.39, 0.29) is 0 Å². The van der Waals surface area contributed by atoms with E-state index < -0.39 is 11.8 Å². The van der Waals surface area contributed by atoms with E-state index >= 15 is 0 Å². The van der Waals surface area contributed by atoms with E-state index in [1.54, 1.807) is 30.3 Å². The van der Waals surface area contributed by atoms with Gasteiger partial charge in [0, 0.05) is 17.4 Å². The van der Waals surface area contributed by atoms with Gasteiger partial charge in [0.1, 0.15) is 0 Å². The molecule has 0 saturated heterocycles. The van der Waals surface area contributed by atoms with Gasteiger partial charge >= 0.3 is 11.8 Å². The summed E-state index contributed by atoms with van der Waals surface area (Å²) in [5.74, 6) is -0.502. The van der Waals surface area contributed by atoms with E-state index in [4.69, 9.17) is 9.47 Å². The summed E-state index contributed by atoms with van der Waals surface area (Å²) in [5.41, 5.74) is 2.16. The molecule has 0 aromatic heterocycles. The summed E-state index contributed by atoms with van der Waals surface area (Å²) in [5, 5.41) is 5.08. The van der Waals surface area contributed by atoms with Crippen LogP contribution in [0.3, 0.4) is 0 Å². The molecule has 6 heteroatoms. The fourth-order valence-corrected chi connectivity index (χ4v) is 2.11. The average molecular weight is 328 g/mol. The van der Waals surface area contributed by atoms with Crippen molar-refractivity contribution in [3.05, 3.63) is 48.0 Å². The van der Waals surface area contributed by atoms with Gasteiger partial charge in [-0.3, -0.25) is 9.59 Å². The first-order valence-electron chi connectivity index (χ1n) is 7.50. The van der Waals surface area contributed by atoms with Crippen LogP contribution in [-0.4, -0.2) is 26.0 Å². The van der Waals surface area contributed by atoms with Crippen molar-refractivity contribution in [1.29, 1.82) is 0 Å². The summed E-state index contributed by atoms with van der Waals surface area (Å²) in [6.45, 7) is 2.05. The van der Waals surface area contributed by atoms with Crippen LogP contribution in [-0.2, 0) is 16.0 Å². The van der Waals surface area contributed by atoms with Crippen molar-refractivity contribution >= 4 is 23.2 Å². The number of amides is 2. The van der Waals surface area contributed by atoms with E-state index in [0.29, 0.717) is 22.9 Å². The first kappa shape index (κ1) is 17.3. The molecule has 0 fully saturated rings. The topological polar surface area (TPSA) is 76.7 Å². The molecule has 2 N–H and O–H groups in total. The molecular weight excluding hydrogens is 308 g/mol. The molecule has 0 aliphatic carbocycles. The molecule has 6 nitrogen and oxygen atoms in total. The Morgan fingerprint density at radius 2 is 1.38 bits per heavy atom. The number of hydrogen-bond acceptors (Lipinski definition) is 4. The summed E-state index contributed by atoms with van der Waals surface area (Å²) in [6.07, 6.45) is 0.911. The number of methoxy groups -OCH3 is 2. The normalized spacial score (nSPS) is 9.96. The Labute approximate surface area is 140 Å². The zero-order chi connectivity index (χ0) is 17.5. The first-order chi connectivity index (χ1) is 11.6. The third-order valence-corrected chi connectivity index (χ3v) is 3.47. The van der Waals surface area contributed by atoms with Gasteiger partial charge in [-0.25, -0.2) is 0 Å². The van der Waals surface area contributed by atoms with E-state index in [2.05, 4.69) is 10.6 Å². The van der Waals surface area contributed by atoms with Crippen LogP contribution in [0.4, 0.5) is 11.4 Å². The number of rotatable bonds is 5. The highest BCUT2D eigenvalue weighted by molar-refractivity contribution is 6.43. The second kappa shape index (κ2) is 8.01. The predicted molar refractivity (Wildman–Crippen MR) is 92.6 cm³/mol. The molecule has 2 amide bonds. The van der Waals surface area contributed by atoms with Crippen LogP contribution in [0.1, 0.15) is 12.5 Å². The SMILES string of the molecule is CCc1ccc(NC(=O)C(=O)Nc2ccc(OC)c(OC)c2)cc1. The van der Waals surface area contributed by atoms with Crippen LogP contribution in [0, 0.1) is 0 Å². The standard InChI is InChI=1S/C18H20N2O4/c1-4-12-5-7-13(8-6-12)19-17(21)18(22)20-14-9-10-15(23-2)16(11-14)24-3/h5-11H,4H2,1-3H3,(H,19,21)(H,20,22). The van der Waals surface area contributed by atoms with Crippen molar-refractivity contribution in [3.63, 3.8) is 0 Å². The Bertz CT molecular complexity index is 726. The third-order valence-electron chi connectivity index (χ3n) is 3.47. The van der Waals surface area contributed by atoms with Gasteiger partial charge < -0.3 is 20.1 Å². The lowest BCUT2D eigenvalue weighted by molar-refractivity contribution is -0.132. The molecule has 0 aliphatic heterocycles. The molecule has 0 bridgehead atoms. The number of carbonyl (C=O) groups is 2. The Morgan fingerprint density at radius 3 is 1.92 bits per heavy atom. The third kappa shape index (κ3) is 4.25. The molecule has 2 aromatic carbocycles. The number of carbonyl (C=O) groups excluding carboxylic acids is 2. The van der Waals surface area contributed by atoms with Gasteiger partial charge in [0.25, 0.3) is 0 Å². The molecule has 0 saturated carbocycles. The molecular formula is C18H20N2O4. The van der Waals surface area contributed by atoms with E-state index in [0.717, 1.165) is 12.0 Å². The minimum Gasteiger partial charge on any atom is -0.493 e. The maximum atomic E-state index is 12.0. The molecule has 2 aromatic rings. The first-order valence-corrected chi connectivity index (χ1v) is 7.50. The molecule has 126 valence electrons. The Balaban J connectivity index is 2.01. The summed E-state index contributed by atoms with van der Waals surface area (Å²) >= 11 is 0. The molecule has 24 heavy (non-hydrogen) atoms. The summed E-state index contributed by atoms with van der Waals surface area (Å²) in [6, 6.07) is 12.2. The average Bonchev–Trinajstić information content (AvgIpc) is 2.62. The van der Waals surface area contributed by atoms with Crippen LogP contribution in [0.15, 0.2) is 42.5 Å². The van der Waals surface area contributed by atoms with Gasteiger partial charge in [-0.1, -0.05) is 19.1 Å². The maximum Gasteiger partial charge on any atom is 0.314 e. The molecule has 0 aliphatic rings. The fourth-order valence-electron chi connectivity index (χ4n) is 2.11. The van der Waals surface area contributed by atoms with Crippen LogP contribution < -0.4 is 20.1 Å². The number of ether oxygens (including phenoxy) is 2. The highest BCUT2D eigenvalue weighted by Gasteiger charge is 2.15. The van der Waals surface area contributed by atoms with Gasteiger partial charge in [0.2, 0.25) is 0 Å². The predicted octanol–water partition coefficient (Wildman–Crippen LogP) is 2.84. The quantitative estimate of drug-likeness (QED) is 0.828. The van der Waals surface area contributed by atoms with E-state index in [9.17, 15) is 9.59 Å². The van der Waals surface area contributed by atoms with Crippen molar-refractivity contribution in [3.8, 4) is 11.5 Å². The smallest absolute Gasteiger partial charge is 0.314 e. The molecule has 0 atom stereocenters. The minimum atomic E-state index is -0.762. The monoisotopic (exact) mass is 328 g/mol. The highest BCUT2D eigenvalue weighted by atomic mass is 16.5. The van der Waals surface area contributed by atoms with Crippen LogP contribution >= 0.6 is 0 Å². The largest absolute Gasteiger partial charge is 0.493 e. The molecule has 0 spiro atoms. The molecule has 0 radical (unpaired) electrons. The van der Waals surface area contributed by atoms with E-state index in [1.165, 1.54) is 14.2 Å². The number of benzene rings is 2. The molecule has 2 rings (SSSR count). The zero-order valence-electron chi connectivity index (χ0n) is 13.9. The fraction of sp³-hybridized carbons (Fsp3) is 0.222. The minimum absolute atomic E-state index is 0.439.